The number of hydrogen-bond donors (Lipinski definition) is 3. The number of nitrogens with one attached hydrogen (secondary N) is 3. The molecule has 0 aromatic heterocycles. The summed E-state index contributed by atoms with van der Waals surface area (Å²) in [5.41, 5.74) is -1.08. The van der Waals surface area contributed by atoms with E-state index in [0.29, 0.717) is 17.2 Å². The summed E-state index contributed by atoms with van der Waals surface area (Å²) in [4.78, 5) is 13.0. The van der Waals surface area contributed by atoms with E-state index in [2.05, 4.69) is 17.6 Å². The summed E-state index contributed by atoms with van der Waals surface area (Å²) in [7, 11) is 0. The molecule has 0 bridgehead atoms. The molecular formula is C26H26F5N3O. The highest BCUT2D eigenvalue weighted by Gasteiger charge is 2.53. The number of allylic oxidation sites excluding steroid dienone is 1. The Morgan fingerprint density at radius 2 is 1.77 bits per heavy atom. The molecule has 0 spiro atoms. The summed E-state index contributed by atoms with van der Waals surface area (Å²) < 4.78 is 68.2. The molecule has 2 aromatic carbocycles. The molecule has 4 rings (SSSR count). The van der Waals surface area contributed by atoms with Crippen molar-refractivity contribution in [1.82, 2.24) is 5.32 Å². The zero-order valence-corrected chi connectivity index (χ0v) is 19.4. The predicted octanol–water partition coefficient (Wildman–Crippen LogP) is 6.34. The van der Waals surface area contributed by atoms with Gasteiger partial charge in [0.2, 0.25) is 5.91 Å². The topological polar surface area (TPSA) is 65.0 Å². The molecule has 2 aliphatic carbocycles. The van der Waals surface area contributed by atoms with Crippen molar-refractivity contribution < 1.29 is 26.7 Å². The quantitative estimate of drug-likeness (QED) is 0.298. The summed E-state index contributed by atoms with van der Waals surface area (Å²) in [6, 6.07) is 4.82. The van der Waals surface area contributed by atoms with Gasteiger partial charge in [0.25, 0.3) is 0 Å². The van der Waals surface area contributed by atoms with Gasteiger partial charge in [0.05, 0.1) is 11.0 Å². The smallest absolute Gasteiger partial charge is 0.390 e. The second kappa shape index (κ2) is 8.77. The van der Waals surface area contributed by atoms with Crippen molar-refractivity contribution in [2.45, 2.75) is 51.1 Å². The minimum atomic E-state index is -4.69. The van der Waals surface area contributed by atoms with Crippen LogP contribution in [0.1, 0.15) is 54.9 Å². The van der Waals surface area contributed by atoms with E-state index in [-0.39, 0.29) is 35.1 Å². The molecule has 9 heteroatoms. The molecule has 186 valence electrons. The van der Waals surface area contributed by atoms with Gasteiger partial charge in [0.1, 0.15) is 11.6 Å². The summed E-state index contributed by atoms with van der Waals surface area (Å²) >= 11 is 0. The highest BCUT2D eigenvalue weighted by Crippen LogP contribution is 2.50. The van der Waals surface area contributed by atoms with Crippen LogP contribution in [0.4, 0.5) is 27.6 Å². The molecule has 1 amide bonds. The highest BCUT2D eigenvalue weighted by molar-refractivity contribution is 6.09. The average Bonchev–Trinajstić information content (AvgIpc) is 3.69. The first kappa shape index (κ1) is 24.9. The van der Waals surface area contributed by atoms with E-state index in [1.54, 1.807) is 19.2 Å². The van der Waals surface area contributed by atoms with Crippen molar-refractivity contribution in [2.24, 2.45) is 5.41 Å². The molecule has 0 unspecified atom stereocenters. The van der Waals surface area contributed by atoms with Crippen LogP contribution in [0.25, 0.3) is 5.57 Å². The number of anilines is 1. The first-order chi connectivity index (χ1) is 16.4. The van der Waals surface area contributed by atoms with Gasteiger partial charge in [-0.1, -0.05) is 13.0 Å². The lowest BCUT2D eigenvalue weighted by Crippen LogP contribution is -2.29. The van der Waals surface area contributed by atoms with E-state index < -0.39 is 34.7 Å². The fourth-order valence-electron chi connectivity index (χ4n) is 4.24. The SMILES string of the molecule is Cc1cc(NC(=O)C2(c3ccc(C(F)(F)F)cc3F)CC2)cc(F)c1/C(C=N)=C/NCC1(C)CC1. The van der Waals surface area contributed by atoms with Gasteiger partial charge >= 0.3 is 6.18 Å². The molecule has 2 saturated carbocycles. The Bertz CT molecular complexity index is 1190. The lowest BCUT2D eigenvalue weighted by molar-refractivity contribution is -0.137. The Hall–Kier alpha value is -3.23. The number of carbonyl (C=O) groups is 1. The third kappa shape index (κ3) is 5.09. The maximum atomic E-state index is 15.0. The molecule has 4 nitrogen and oxygen atoms in total. The van der Waals surface area contributed by atoms with Gasteiger partial charge in [-0.05, 0) is 67.9 Å². The molecule has 0 heterocycles. The van der Waals surface area contributed by atoms with E-state index in [1.807, 2.05) is 0 Å². The minimum absolute atomic E-state index is 0.110. The molecule has 0 saturated heterocycles. The van der Waals surface area contributed by atoms with Gasteiger partial charge in [-0.2, -0.15) is 13.2 Å². The Morgan fingerprint density at radius 1 is 1.09 bits per heavy atom. The maximum Gasteiger partial charge on any atom is 0.416 e. The Labute approximate surface area is 200 Å². The monoisotopic (exact) mass is 491 g/mol. The molecule has 3 N–H and O–H groups in total. The van der Waals surface area contributed by atoms with Crippen LogP contribution >= 0.6 is 0 Å². The molecule has 0 atom stereocenters. The van der Waals surface area contributed by atoms with Crippen molar-refractivity contribution in [3.8, 4) is 0 Å². The van der Waals surface area contributed by atoms with Crippen LogP contribution in [0.15, 0.2) is 36.5 Å². The van der Waals surface area contributed by atoms with Gasteiger partial charge in [-0.15, -0.1) is 0 Å². The summed E-state index contributed by atoms with van der Waals surface area (Å²) in [5.74, 6) is -2.34. The Balaban J connectivity index is 1.53. The third-order valence-corrected chi connectivity index (χ3v) is 6.88. The summed E-state index contributed by atoms with van der Waals surface area (Å²) in [5, 5.41) is 13.4. The van der Waals surface area contributed by atoms with Crippen LogP contribution < -0.4 is 10.6 Å². The van der Waals surface area contributed by atoms with E-state index in [9.17, 15) is 22.4 Å². The second-order valence-corrected chi connectivity index (χ2v) is 9.81. The van der Waals surface area contributed by atoms with E-state index in [1.165, 1.54) is 0 Å². The lowest BCUT2D eigenvalue weighted by Gasteiger charge is -2.19. The van der Waals surface area contributed by atoms with Gasteiger partial charge in [0.15, 0.2) is 0 Å². The molecule has 0 aliphatic heterocycles. The normalized spacial score (nSPS) is 18.1. The average molecular weight is 492 g/mol. The maximum absolute atomic E-state index is 15.0. The number of alkyl halides is 3. The largest absolute Gasteiger partial charge is 0.416 e. The van der Waals surface area contributed by atoms with Crippen molar-refractivity contribution in [3.63, 3.8) is 0 Å². The Kier molecular flexibility index (Phi) is 6.23. The van der Waals surface area contributed by atoms with Gasteiger partial charge in [-0.3, -0.25) is 4.79 Å². The van der Waals surface area contributed by atoms with Crippen LogP contribution in [0, 0.1) is 29.4 Å². The van der Waals surface area contributed by atoms with Crippen molar-refractivity contribution in [3.05, 3.63) is 70.4 Å². The molecule has 2 aliphatic rings. The number of rotatable bonds is 8. The molecule has 0 radical (unpaired) electrons. The standard InChI is InChI=1S/C26H26F5N3O/c1-15-9-18(11-21(28)22(15)16(12-32)13-33-14-24(2)5-6-24)34-23(35)25(7-8-25)19-4-3-17(10-20(19)27)26(29,30)31/h3-4,9-13,32-33H,5-8,14H2,1-2H3,(H,34,35)/b16-13+,32-12?. The fraction of sp³-hybridized carbons (Fsp3) is 0.385. The van der Waals surface area contributed by atoms with E-state index in [0.717, 1.165) is 43.8 Å². The number of hydrogen-bond acceptors (Lipinski definition) is 3. The lowest BCUT2D eigenvalue weighted by atomic mass is 9.93. The molecule has 35 heavy (non-hydrogen) atoms. The molecule has 2 fully saturated rings. The van der Waals surface area contributed by atoms with Gasteiger partial charge in [-0.25, -0.2) is 8.78 Å². The zero-order valence-electron chi connectivity index (χ0n) is 19.4. The molecule has 2 aromatic rings. The number of halogens is 5. The number of carbonyl (C=O) groups excluding carboxylic acids is 1. The minimum Gasteiger partial charge on any atom is -0.390 e. The van der Waals surface area contributed by atoms with E-state index >= 15 is 4.39 Å². The van der Waals surface area contributed by atoms with Crippen LogP contribution in [-0.2, 0) is 16.4 Å². The number of benzene rings is 2. The third-order valence-electron chi connectivity index (χ3n) is 6.88. The highest BCUT2D eigenvalue weighted by atomic mass is 19.4. The van der Waals surface area contributed by atoms with Crippen LogP contribution in [-0.4, -0.2) is 18.7 Å². The first-order valence-electron chi connectivity index (χ1n) is 11.3. The zero-order chi connectivity index (χ0) is 25.6. The first-order valence-corrected chi connectivity index (χ1v) is 11.3. The second-order valence-electron chi connectivity index (χ2n) is 9.81. The van der Waals surface area contributed by atoms with Crippen LogP contribution in [0.3, 0.4) is 0 Å². The molecular weight excluding hydrogens is 465 g/mol. The predicted molar refractivity (Wildman–Crippen MR) is 124 cm³/mol. The van der Waals surface area contributed by atoms with Crippen molar-refractivity contribution >= 4 is 23.4 Å². The van der Waals surface area contributed by atoms with Crippen molar-refractivity contribution in [2.75, 3.05) is 11.9 Å². The van der Waals surface area contributed by atoms with Crippen LogP contribution in [0.2, 0.25) is 0 Å². The number of amides is 1. The van der Waals surface area contributed by atoms with Crippen molar-refractivity contribution in [1.29, 1.82) is 5.41 Å². The summed E-state index contributed by atoms with van der Waals surface area (Å²) in [6.07, 6.45) is 0.744. The van der Waals surface area contributed by atoms with Crippen LogP contribution in [0.5, 0.6) is 0 Å². The fourth-order valence-corrected chi connectivity index (χ4v) is 4.24. The van der Waals surface area contributed by atoms with E-state index in [4.69, 9.17) is 5.41 Å². The van der Waals surface area contributed by atoms with Gasteiger partial charge < -0.3 is 16.0 Å². The number of aryl methyl sites for hydroxylation is 1. The van der Waals surface area contributed by atoms with Gasteiger partial charge in [0, 0.05) is 41.3 Å². The Morgan fingerprint density at radius 3 is 2.29 bits per heavy atom. The summed E-state index contributed by atoms with van der Waals surface area (Å²) in [6.45, 7) is 4.52.